The highest BCUT2D eigenvalue weighted by atomic mass is 35.5. The maximum Gasteiger partial charge on any atom is 0.287 e. The molecule has 0 radical (unpaired) electrons. The van der Waals surface area contributed by atoms with Gasteiger partial charge in [-0.2, -0.15) is 0 Å². The van der Waals surface area contributed by atoms with E-state index in [-0.39, 0.29) is 11.6 Å². The molecule has 7 heteroatoms. The fourth-order valence-electron chi connectivity index (χ4n) is 2.74. The average Bonchev–Trinajstić information content (AvgIpc) is 2.83. The van der Waals surface area contributed by atoms with Gasteiger partial charge < -0.3 is 4.74 Å². The topological polar surface area (TPSA) is 78.2 Å². The van der Waals surface area contributed by atoms with Gasteiger partial charge in [0.15, 0.2) is 0 Å². The maximum atomic E-state index is 11.1. The lowest BCUT2D eigenvalue weighted by Gasteiger charge is -2.18. The molecule has 2 aromatic rings. The van der Waals surface area contributed by atoms with Crippen molar-refractivity contribution in [2.45, 2.75) is 12.0 Å². The van der Waals surface area contributed by atoms with E-state index in [1.165, 1.54) is 6.08 Å². The molecule has 4 rings (SSSR count). The fourth-order valence-corrected chi connectivity index (χ4v) is 3.03. The monoisotopic (exact) mass is 301 g/mol. The minimum absolute atomic E-state index is 0.00965. The Labute approximate surface area is 123 Å². The van der Waals surface area contributed by atoms with Crippen molar-refractivity contribution in [3.8, 4) is 5.88 Å². The first-order chi connectivity index (χ1) is 10.1. The van der Waals surface area contributed by atoms with Crippen molar-refractivity contribution in [3.05, 3.63) is 63.1 Å². The molecular formula is C14H8ClN3O3. The Kier molecular flexibility index (Phi) is 2.49. The van der Waals surface area contributed by atoms with E-state index in [1.54, 1.807) is 24.5 Å². The normalized spacial score (nSPS) is 22.9. The number of pyridine rings is 2. The van der Waals surface area contributed by atoms with Crippen molar-refractivity contribution in [1.29, 1.82) is 0 Å². The number of rotatable bonds is 1. The molecule has 1 aliphatic carbocycles. The van der Waals surface area contributed by atoms with Crippen LogP contribution < -0.4 is 4.74 Å². The van der Waals surface area contributed by atoms with E-state index in [2.05, 4.69) is 9.97 Å². The van der Waals surface area contributed by atoms with E-state index < -0.39 is 11.0 Å². The highest BCUT2D eigenvalue weighted by Gasteiger charge is 2.46. The van der Waals surface area contributed by atoms with Crippen LogP contribution in [0.4, 0.5) is 0 Å². The van der Waals surface area contributed by atoms with Crippen LogP contribution in [0, 0.1) is 10.1 Å². The summed E-state index contributed by atoms with van der Waals surface area (Å²) in [5.41, 5.74) is 1.48. The van der Waals surface area contributed by atoms with E-state index in [4.69, 9.17) is 16.3 Å². The van der Waals surface area contributed by atoms with Crippen LogP contribution in [0.25, 0.3) is 10.9 Å². The van der Waals surface area contributed by atoms with Gasteiger partial charge in [0.25, 0.3) is 5.70 Å². The third-order valence-electron chi connectivity index (χ3n) is 3.70. The summed E-state index contributed by atoms with van der Waals surface area (Å²) in [5, 5.41) is 12.5. The molecular weight excluding hydrogens is 294 g/mol. The SMILES string of the molecule is O=[N+]([O-])C1=CC=C(Cl)C2c3cc4cnccc4nc3OC12. The Morgan fingerprint density at radius 3 is 3.05 bits per heavy atom. The molecule has 2 aromatic heterocycles. The van der Waals surface area contributed by atoms with Gasteiger partial charge in [0.1, 0.15) is 0 Å². The van der Waals surface area contributed by atoms with Crippen molar-refractivity contribution >= 4 is 22.5 Å². The summed E-state index contributed by atoms with van der Waals surface area (Å²) in [6.45, 7) is 0. The molecule has 0 fully saturated rings. The van der Waals surface area contributed by atoms with Crippen LogP contribution in [0.15, 0.2) is 47.4 Å². The molecule has 0 bridgehead atoms. The summed E-state index contributed by atoms with van der Waals surface area (Å²) >= 11 is 6.24. The van der Waals surface area contributed by atoms with Gasteiger partial charge in [0.2, 0.25) is 12.0 Å². The van der Waals surface area contributed by atoms with Gasteiger partial charge in [-0.15, -0.1) is 0 Å². The molecule has 0 spiro atoms. The highest BCUT2D eigenvalue weighted by Crippen LogP contribution is 2.47. The van der Waals surface area contributed by atoms with Gasteiger partial charge in [-0.25, -0.2) is 4.98 Å². The van der Waals surface area contributed by atoms with Crippen LogP contribution in [-0.2, 0) is 0 Å². The van der Waals surface area contributed by atoms with E-state index in [0.29, 0.717) is 10.9 Å². The quantitative estimate of drug-likeness (QED) is 0.598. The third kappa shape index (κ3) is 1.72. The largest absolute Gasteiger partial charge is 0.461 e. The van der Waals surface area contributed by atoms with Gasteiger partial charge in [-0.05, 0) is 18.2 Å². The first-order valence-electron chi connectivity index (χ1n) is 6.28. The fraction of sp³-hybridized carbons (Fsp3) is 0.143. The summed E-state index contributed by atoms with van der Waals surface area (Å²) in [7, 11) is 0. The van der Waals surface area contributed by atoms with E-state index in [0.717, 1.165) is 16.5 Å². The van der Waals surface area contributed by atoms with Crippen LogP contribution in [0.3, 0.4) is 0 Å². The molecule has 2 aliphatic rings. The lowest BCUT2D eigenvalue weighted by atomic mass is 9.90. The van der Waals surface area contributed by atoms with Crippen molar-refractivity contribution in [2.24, 2.45) is 0 Å². The molecule has 0 aromatic carbocycles. The zero-order valence-corrected chi connectivity index (χ0v) is 11.3. The molecule has 0 N–H and O–H groups in total. The van der Waals surface area contributed by atoms with E-state index >= 15 is 0 Å². The summed E-state index contributed by atoms with van der Waals surface area (Å²) in [5.74, 6) is 0.00840. The first-order valence-corrected chi connectivity index (χ1v) is 6.66. The number of hydrogen-bond donors (Lipinski definition) is 0. The van der Waals surface area contributed by atoms with Crippen LogP contribution in [0.1, 0.15) is 11.5 Å². The van der Waals surface area contributed by atoms with Crippen molar-refractivity contribution in [2.75, 3.05) is 0 Å². The lowest BCUT2D eigenvalue weighted by Crippen LogP contribution is -2.28. The minimum atomic E-state index is -0.732. The number of allylic oxidation sites excluding steroid dienone is 2. The van der Waals surface area contributed by atoms with Crippen molar-refractivity contribution in [3.63, 3.8) is 0 Å². The second-order valence-electron chi connectivity index (χ2n) is 4.87. The van der Waals surface area contributed by atoms with Crippen LogP contribution >= 0.6 is 11.6 Å². The first kappa shape index (κ1) is 12.3. The maximum absolute atomic E-state index is 11.1. The van der Waals surface area contributed by atoms with Crippen LogP contribution in [0.2, 0.25) is 0 Å². The Hall–Kier alpha value is -2.47. The molecule has 6 nitrogen and oxygen atoms in total. The predicted molar refractivity (Wildman–Crippen MR) is 75.7 cm³/mol. The Bertz CT molecular complexity index is 846. The molecule has 2 unspecified atom stereocenters. The number of nitrogens with zero attached hydrogens (tertiary/aromatic N) is 3. The lowest BCUT2D eigenvalue weighted by molar-refractivity contribution is -0.435. The zero-order valence-electron chi connectivity index (χ0n) is 10.6. The van der Waals surface area contributed by atoms with Gasteiger partial charge in [0, 0.05) is 34.5 Å². The molecule has 0 amide bonds. The van der Waals surface area contributed by atoms with Crippen LogP contribution in [-0.4, -0.2) is 21.0 Å². The number of nitro groups is 1. The molecule has 104 valence electrons. The number of hydrogen-bond acceptors (Lipinski definition) is 5. The summed E-state index contributed by atoms with van der Waals surface area (Å²) < 4.78 is 5.70. The second kappa shape index (κ2) is 4.26. The summed E-state index contributed by atoms with van der Waals surface area (Å²) in [6.07, 6.45) is 5.54. The zero-order chi connectivity index (χ0) is 14.6. The summed E-state index contributed by atoms with van der Waals surface area (Å²) in [6, 6.07) is 3.65. The summed E-state index contributed by atoms with van der Waals surface area (Å²) in [4.78, 5) is 19.2. The Morgan fingerprint density at radius 2 is 2.24 bits per heavy atom. The van der Waals surface area contributed by atoms with Gasteiger partial charge >= 0.3 is 0 Å². The van der Waals surface area contributed by atoms with Gasteiger partial charge in [0.05, 0.1) is 16.4 Å². The molecule has 21 heavy (non-hydrogen) atoms. The van der Waals surface area contributed by atoms with E-state index in [9.17, 15) is 10.1 Å². The van der Waals surface area contributed by atoms with Crippen molar-refractivity contribution < 1.29 is 9.66 Å². The number of ether oxygens (including phenoxy) is 1. The molecule has 1 aliphatic heterocycles. The molecule has 3 heterocycles. The second-order valence-corrected chi connectivity index (χ2v) is 5.30. The van der Waals surface area contributed by atoms with Gasteiger partial charge in [-0.1, -0.05) is 11.6 Å². The highest BCUT2D eigenvalue weighted by molar-refractivity contribution is 6.30. The van der Waals surface area contributed by atoms with Gasteiger partial charge in [-0.3, -0.25) is 15.1 Å². The molecule has 0 saturated heterocycles. The van der Waals surface area contributed by atoms with E-state index in [1.807, 2.05) is 6.07 Å². The van der Waals surface area contributed by atoms with Crippen LogP contribution in [0.5, 0.6) is 5.88 Å². The number of fused-ring (bicyclic) bond motifs is 4. The number of halogens is 1. The third-order valence-corrected chi connectivity index (χ3v) is 4.06. The number of aromatic nitrogens is 2. The molecule has 2 atom stereocenters. The Morgan fingerprint density at radius 1 is 1.38 bits per heavy atom. The standard InChI is InChI=1S/C14H8ClN3O3/c15-9-1-2-11(18(19)20)13-12(9)8-5-7-6-16-4-3-10(7)17-14(8)21-13/h1-6,12-13H. The minimum Gasteiger partial charge on any atom is -0.461 e. The molecule has 0 saturated carbocycles. The predicted octanol–water partition coefficient (Wildman–Crippen LogP) is 2.77. The smallest absolute Gasteiger partial charge is 0.287 e. The Balaban J connectivity index is 1.91. The average molecular weight is 302 g/mol. The van der Waals surface area contributed by atoms with Crippen molar-refractivity contribution in [1.82, 2.24) is 9.97 Å².